The van der Waals surface area contributed by atoms with Gasteiger partial charge < -0.3 is 55.1 Å². The van der Waals surface area contributed by atoms with Gasteiger partial charge in [-0.05, 0) is 25.1 Å². The highest BCUT2D eigenvalue weighted by molar-refractivity contribution is 5.70. The lowest BCUT2D eigenvalue weighted by Crippen LogP contribution is -2.57. The van der Waals surface area contributed by atoms with Gasteiger partial charge in [0.25, 0.3) is 0 Å². The van der Waals surface area contributed by atoms with E-state index in [-0.39, 0.29) is 34.1 Å². The van der Waals surface area contributed by atoms with Crippen LogP contribution in [0.1, 0.15) is 24.2 Å². The second-order valence-corrected chi connectivity index (χ2v) is 7.63. The number of benzene rings is 2. The fourth-order valence-corrected chi connectivity index (χ4v) is 3.59. The van der Waals surface area contributed by atoms with Crippen LogP contribution in [0.4, 0.5) is 0 Å². The predicted octanol–water partition coefficient (Wildman–Crippen LogP) is 0.533. The molecule has 0 spiro atoms. The molecule has 8 N–H and O–H groups in total. The van der Waals surface area contributed by atoms with E-state index in [1.54, 1.807) is 0 Å². The number of hydrogen-bond donors (Lipinski definition) is 8. The van der Waals surface area contributed by atoms with Crippen molar-refractivity contribution in [3.63, 3.8) is 0 Å². The largest absolute Gasteiger partial charge is 0.508 e. The maximum atomic E-state index is 10.3. The molecule has 172 valence electrons. The number of hydrogen-bond acceptors (Lipinski definition) is 11. The van der Waals surface area contributed by atoms with Gasteiger partial charge in [-0.25, -0.2) is 0 Å². The van der Waals surface area contributed by atoms with E-state index in [4.69, 9.17) is 14.2 Å². The zero-order valence-corrected chi connectivity index (χ0v) is 16.7. The Morgan fingerprint density at radius 3 is 2.12 bits per heavy atom. The zero-order valence-electron chi connectivity index (χ0n) is 16.7. The Kier molecular flexibility index (Phi) is 5.42. The van der Waals surface area contributed by atoms with E-state index in [1.165, 1.54) is 19.1 Å². The van der Waals surface area contributed by atoms with Gasteiger partial charge >= 0.3 is 0 Å². The molecular formula is C21H22O11. The normalized spacial score (nSPS) is 29.6. The number of aliphatic hydroxyl groups is 3. The fourth-order valence-electron chi connectivity index (χ4n) is 3.59. The molecule has 0 bridgehead atoms. The molecule has 0 aliphatic carbocycles. The van der Waals surface area contributed by atoms with Crippen LogP contribution in [-0.4, -0.2) is 71.6 Å². The molecule has 0 aromatic heterocycles. The monoisotopic (exact) mass is 450 g/mol. The highest BCUT2D eigenvalue weighted by Crippen LogP contribution is 2.46. The summed E-state index contributed by atoms with van der Waals surface area (Å²) in [5.74, 6) is -2.69. The molecule has 1 saturated heterocycles. The summed E-state index contributed by atoms with van der Waals surface area (Å²) in [5, 5.41) is 79.7. The summed E-state index contributed by atoms with van der Waals surface area (Å²) < 4.78 is 17.0. The van der Waals surface area contributed by atoms with E-state index < -0.39 is 54.1 Å². The maximum Gasteiger partial charge on any atom is 0.228 e. The quantitative estimate of drug-likeness (QED) is 0.305. The molecule has 11 heteroatoms. The Bertz CT molecular complexity index is 1040. The maximum absolute atomic E-state index is 10.3. The van der Waals surface area contributed by atoms with E-state index >= 15 is 0 Å². The molecule has 1 unspecified atom stereocenters. The summed E-state index contributed by atoms with van der Waals surface area (Å²) in [6, 6.07) is 4.50. The van der Waals surface area contributed by atoms with Gasteiger partial charge in [0.05, 0.1) is 11.7 Å². The molecule has 1 fully saturated rings. The molecule has 2 aromatic rings. The highest BCUT2D eigenvalue weighted by atomic mass is 16.7. The summed E-state index contributed by atoms with van der Waals surface area (Å²) in [6.45, 7) is 1.47. The van der Waals surface area contributed by atoms with Crippen molar-refractivity contribution in [2.45, 2.75) is 43.7 Å². The van der Waals surface area contributed by atoms with Gasteiger partial charge in [-0.1, -0.05) is 0 Å². The number of aromatic hydroxyl groups is 5. The van der Waals surface area contributed by atoms with Crippen molar-refractivity contribution in [1.29, 1.82) is 0 Å². The molecule has 0 saturated carbocycles. The first-order valence-corrected chi connectivity index (χ1v) is 9.62. The molecular weight excluding hydrogens is 428 g/mol. The van der Waals surface area contributed by atoms with Crippen molar-refractivity contribution in [2.24, 2.45) is 0 Å². The van der Waals surface area contributed by atoms with E-state index in [0.29, 0.717) is 0 Å². The van der Waals surface area contributed by atoms with E-state index in [9.17, 15) is 40.9 Å². The minimum atomic E-state index is -1.64. The van der Waals surface area contributed by atoms with E-state index in [0.717, 1.165) is 18.2 Å². The smallest absolute Gasteiger partial charge is 0.228 e. The number of phenolic OH excluding ortho intramolecular Hbond substituents is 5. The van der Waals surface area contributed by atoms with E-state index in [2.05, 4.69) is 0 Å². The predicted molar refractivity (Wildman–Crippen MR) is 106 cm³/mol. The number of fused-ring (bicyclic) bond motifs is 1. The average molecular weight is 450 g/mol. The van der Waals surface area contributed by atoms with Crippen LogP contribution in [-0.2, 0) is 9.47 Å². The van der Waals surface area contributed by atoms with E-state index in [1.807, 2.05) is 0 Å². The van der Waals surface area contributed by atoms with Crippen molar-refractivity contribution >= 4 is 6.08 Å². The summed E-state index contributed by atoms with van der Waals surface area (Å²) in [7, 11) is 0. The van der Waals surface area contributed by atoms with Gasteiger partial charge in [-0.2, -0.15) is 0 Å². The van der Waals surface area contributed by atoms with Crippen molar-refractivity contribution < 1.29 is 55.1 Å². The van der Waals surface area contributed by atoms with Gasteiger partial charge in [0.1, 0.15) is 41.3 Å². The molecule has 32 heavy (non-hydrogen) atoms. The van der Waals surface area contributed by atoms with Crippen LogP contribution in [0.15, 0.2) is 30.0 Å². The van der Waals surface area contributed by atoms with Crippen LogP contribution < -0.4 is 4.74 Å². The Morgan fingerprint density at radius 2 is 1.47 bits per heavy atom. The lowest BCUT2D eigenvalue weighted by Gasteiger charge is -2.40. The third kappa shape index (κ3) is 3.71. The standard InChI is InChI=1S/C21H22O11/c1-7-16(26)18(28)19(29)21(30-7)32-15-6-10-11(23)4-9(22)5-14(10)31-20(15)8-2-12(24)17(27)13(25)3-8/h2-7,16,18-29H,1H3/t7-,16+,18+,19+,20?,21+/m1/s1. The lowest BCUT2D eigenvalue weighted by molar-refractivity contribution is -0.285. The minimum absolute atomic E-state index is 0.0424. The summed E-state index contributed by atoms with van der Waals surface area (Å²) in [4.78, 5) is 0. The zero-order chi connectivity index (χ0) is 23.3. The van der Waals surface area contributed by atoms with Gasteiger partial charge in [0, 0.05) is 17.7 Å². The van der Waals surface area contributed by atoms with Crippen molar-refractivity contribution in [3.05, 3.63) is 41.2 Å². The van der Waals surface area contributed by atoms with Gasteiger partial charge in [0.2, 0.25) is 6.29 Å². The molecule has 6 atom stereocenters. The molecule has 2 heterocycles. The van der Waals surface area contributed by atoms with Crippen LogP contribution in [0.3, 0.4) is 0 Å². The molecule has 2 aromatic carbocycles. The first-order valence-electron chi connectivity index (χ1n) is 9.62. The average Bonchev–Trinajstić information content (AvgIpc) is 2.73. The van der Waals surface area contributed by atoms with Crippen LogP contribution >= 0.6 is 0 Å². The molecule has 0 radical (unpaired) electrons. The molecule has 2 aliphatic heterocycles. The minimum Gasteiger partial charge on any atom is -0.508 e. The molecule has 2 aliphatic rings. The summed E-state index contributed by atoms with van der Waals surface area (Å²) in [5.41, 5.74) is 0.233. The van der Waals surface area contributed by atoms with Crippen molar-refractivity contribution in [2.75, 3.05) is 0 Å². The lowest BCUT2D eigenvalue weighted by atomic mass is 9.99. The van der Waals surface area contributed by atoms with Gasteiger partial charge in [-0.15, -0.1) is 0 Å². The number of aliphatic hydroxyl groups excluding tert-OH is 3. The summed E-state index contributed by atoms with van der Waals surface area (Å²) >= 11 is 0. The SMILES string of the molecule is C[C@H]1O[C@@H](OC2=Cc3c(O)cc(O)cc3OC2c2cc(O)c(O)c(O)c2)[C@@H](O)[C@@H](O)[C@H]1O. The third-order valence-electron chi connectivity index (χ3n) is 5.35. The molecule has 11 nitrogen and oxygen atoms in total. The molecule has 4 rings (SSSR count). The first kappa shape index (κ1) is 21.8. The summed E-state index contributed by atoms with van der Waals surface area (Å²) in [6.07, 6.45) is -6.75. The first-order chi connectivity index (χ1) is 15.1. The topological polar surface area (TPSA) is 190 Å². The third-order valence-corrected chi connectivity index (χ3v) is 5.35. The Hall–Kier alpha value is -3.38. The fraction of sp³-hybridized carbons (Fsp3) is 0.333. The van der Waals surface area contributed by atoms with Crippen LogP contribution in [0, 0.1) is 0 Å². The van der Waals surface area contributed by atoms with Crippen LogP contribution in [0.5, 0.6) is 34.5 Å². The number of ether oxygens (including phenoxy) is 3. The number of rotatable bonds is 3. The van der Waals surface area contributed by atoms with Crippen LogP contribution in [0.25, 0.3) is 6.08 Å². The highest BCUT2D eigenvalue weighted by Gasteiger charge is 2.44. The molecule has 0 amide bonds. The van der Waals surface area contributed by atoms with Gasteiger partial charge in [-0.3, -0.25) is 0 Å². The van der Waals surface area contributed by atoms with Crippen molar-refractivity contribution in [3.8, 4) is 34.5 Å². The second kappa shape index (κ2) is 7.95. The van der Waals surface area contributed by atoms with Crippen molar-refractivity contribution in [1.82, 2.24) is 0 Å². The number of phenols is 5. The van der Waals surface area contributed by atoms with Crippen LogP contribution in [0.2, 0.25) is 0 Å². The Morgan fingerprint density at radius 1 is 0.812 bits per heavy atom. The Labute approximate surface area is 181 Å². The second-order valence-electron chi connectivity index (χ2n) is 7.63. The van der Waals surface area contributed by atoms with Gasteiger partial charge in [0.15, 0.2) is 23.4 Å². The Balaban J connectivity index is 1.77.